The van der Waals surface area contributed by atoms with Crippen molar-refractivity contribution in [3.8, 4) is 0 Å². The molecule has 4 nitrogen and oxygen atoms in total. The van der Waals surface area contributed by atoms with Crippen molar-refractivity contribution < 1.29 is 8.42 Å². The third-order valence-corrected chi connectivity index (χ3v) is 5.19. The standard InChI is InChI=1S/C14H18N2O2S2/c1-3-15-20(17,18)14-6-4-13(5-7-14)16-11(2)12-8-9-19-10-12/h4-11,15-16H,3H2,1-2H3. The lowest BCUT2D eigenvalue weighted by Crippen LogP contribution is -2.23. The molecular weight excluding hydrogens is 292 g/mol. The van der Waals surface area contributed by atoms with E-state index in [1.165, 1.54) is 5.56 Å². The van der Waals surface area contributed by atoms with Gasteiger partial charge in [-0.25, -0.2) is 13.1 Å². The third kappa shape index (κ3) is 3.59. The number of anilines is 1. The Bertz CT molecular complexity index is 634. The first-order chi connectivity index (χ1) is 9.53. The zero-order valence-electron chi connectivity index (χ0n) is 11.5. The Kier molecular flexibility index (Phi) is 4.80. The van der Waals surface area contributed by atoms with Crippen LogP contribution in [-0.4, -0.2) is 15.0 Å². The first-order valence-electron chi connectivity index (χ1n) is 6.41. The van der Waals surface area contributed by atoms with Crippen molar-refractivity contribution >= 4 is 27.0 Å². The van der Waals surface area contributed by atoms with Crippen molar-refractivity contribution in [3.63, 3.8) is 0 Å². The van der Waals surface area contributed by atoms with E-state index >= 15 is 0 Å². The summed E-state index contributed by atoms with van der Waals surface area (Å²) in [6.07, 6.45) is 0. The van der Waals surface area contributed by atoms with Crippen LogP contribution in [0.2, 0.25) is 0 Å². The highest BCUT2D eigenvalue weighted by molar-refractivity contribution is 7.89. The van der Waals surface area contributed by atoms with Gasteiger partial charge in [0.2, 0.25) is 10.0 Å². The van der Waals surface area contributed by atoms with Gasteiger partial charge in [0, 0.05) is 18.3 Å². The highest BCUT2D eigenvalue weighted by atomic mass is 32.2. The van der Waals surface area contributed by atoms with E-state index in [9.17, 15) is 8.42 Å². The zero-order chi connectivity index (χ0) is 14.6. The molecule has 2 aromatic rings. The summed E-state index contributed by atoms with van der Waals surface area (Å²) in [6.45, 7) is 4.22. The normalized spacial score (nSPS) is 13.1. The van der Waals surface area contributed by atoms with Crippen molar-refractivity contribution in [2.45, 2.75) is 24.8 Å². The van der Waals surface area contributed by atoms with Gasteiger partial charge in [-0.2, -0.15) is 11.3 Å². The molecule has 1 atom stereocenters. The van der Waals surface area contributed by atoms with Gasteiger partial charge in [0.25, 0.3) is 0 Å². The highest BCUT2D eigenvalue weighted by Gasteiger charge is 2.12. The molecule has 0 aliphatic carbocycles. The molecule has 2 rings (SSSR count). The predicted molar refractivity (Wildman–Crippen MR) is 83.7 cm³/mol. The maximum atomic E-state index is 11.8. The van der Waals surface area contributed by atoms with Crippen LogP contribution in [0.1, 0.15) is 25.5 Å². The Labute approximate surface area is 123 Å². The van der Waals surface area contributed by atoms with E-state index in [-0.39, 0.29) is 10.9 Å². The van der Waals surface area contributed by atoms with E-state index < -0.39 is 10.0 Å². The molecule has 0 saturated carbocycles. The molecule has 2 N–H and O–H groups in total. The van der Waals surface area contributed by atoms with E-state index in [1.54, 1.807) is 42.5 Å². The molecule has 1 heterocycles. The van der Waals surface area contributed by atoms with Crippen LogP contribution < -0.4 is 10.0 Å². The molecule has 0 radical (unpaired) electrons. The van der Waals surface area contributed by atoms with E-state index in [2.05, 4.69) is 28.4 Å². The summed E-state index contributed by atoms with van der Waals surface area (Å²) in [7, 11) is -3.37. The summed E-state index contributed by atoms with van der Waals surface area (Å²) in [5, 5.41) is 7.49. The molecule has 0 saturated heterocycles. The Morgan fingerprint density at radius 2 is 1.90 bits per heavy atom. The number of rotatable bonds is 6. The molecule has 1 aromatic carbocycles. The minimum atomic E-state index is -3.37. The quantitative estimate of drug-likeness (QED) is 0.861. The lowest BCUT2D eigenvalue weighted by atomic mass is 10.2. The predicted octanol–water partition coefficient (Wildman–Crippen LogP) is 3.22. The number of hydrogen-bond donors (Lipinski definition) is 2. The summed E-state index contributed by atoms with van der Waals surface area (Å²) in [4.78, 5) is 0.285. The summed E-state index contributed by atoms with van der Waals surface area (Å²) in [5.74, 6) is 0. The van der Waals surface area contributed by atoms with Gasteiger partial charge in [-0.1, -0.05) is 6.92 Å². The van der Waals surface area contributed by atoms with Crippen molar-refractivity contribution in [2.75, 3.05) is 11.9 Å². The molecule has 0 aliphatic rings. The van der Waals surface area contributed by atoms with E-state index in [4.69, 9.17) is 0 Å². The molecule has 6 heteroatoms. The summed E-state index contributed by atoms with van der Waals surface area (Å²) in [6, 6.07) is 9.06. The Balaban J connectivity index is 2.09. The second kappa shape index (κ2) is 6.39. The van der Waals surface area contributed by atoms with Crippen LogP contribution in [0.25, 0.3) is 0 Å². The summed E-state index contributed by atoms with van der Waals surface area (Å²) in [5.41, 5.74) is 2.12. The first-order valence-corrected chi connectivity index (χ1v) is 8.84. The number of thiophene rings is 1. The topological polar surface area (TPSA) is 58.2 Å². The number of hydrogen-bond acceptors (Lipinski definition) is 4. The fourth-order valence-corrected chi connectivity index (χ4v) is 3.65. The van der Waals surface area contributed by atoms with Crippen LogP contribution in [0.3, 0.4) is 0 Å². The van der Waals surface area contributed by atoms with Crippen molar-refractivity contribution in [1.82, 2.24) is 4.72 Å². The minimum absolute atomic E-state index is 0.192. The van der Waals surface area contributed by atoms with Gasteiger partial charge in [0.1, 0.15) is 0 Å². The fraction of sp³-hybridized carbons (Fsp3) is 0.286. The lowest BCUT2D eigenvalue weighted by molar-refractivity contribution is 0.584. The molecule has 0 aliphatic heterocycles. The second-order valence-electron chi connectivity index (χ2n) is 4.45. The van der Waals surface area contributed by atoms with Crippen molar-refractivity contribution in [1.29, 1.82) is 0 Å². The Morgan fingerprint density at radius 1 is 1.20 bits per heavy atom. The molecule has 0 bridgehead atoms. The molecule has 1 aromatic heterocycles. The largest absolute Gasteiger partial charge is 0.378 e. The maximum absolute atomic E-state index is 11.8. The van der Waals surface area contributed by atoms with E-state index in [0.717, 1.165) is 5.69 Å². The van der Waals surface area contributed by atoms with Crippen molar-refractivity contribution in [2.24, 2.45) is 0 Å². The Morgan fingerprint density at radius 3 is 2.45 bits per heavy atom. The maximum Gasteiger partial charge on any atom is 0.240 e. The van der Waals surface area contributed by atoms with Gasteiger partial charge in [0.15, 0.2) is 0 Å². The fourth-order valence-electron chi connectivity index (χ4n) is 1.86. The number of sulfonamides is 1. The molecule has 0 amide bonds. The van der Waals surface area contributed by atoms with Crippen LogP contribution in [0, 0.1) is 0 Å². The highest BCUT2D eigenvalue weighted by Crippen LogP contribution is 2.22. The molecule has 1 unspecified atom stereocenters. The van der Waals surface area contributed by atoms with Crippen LogP contribution in [-0.2, 0) is 10.0 Å². The minimum Gasteiger partial charge on any atom is -0.378 e. The SMILES string of the molecule is CCNS(=O)(=O)c1ccc(NC(C)c2ccsc2)cc1. The van der Waals surface area contributed by atoms with E-state index in [0.29, 0.717) is 6.54 Å². The molecule has 108 valence electrons. The summed E-state index contributed by atoms with van der Waals surface area (Å²) < 4.78 is 26.1. The monoisotopic (exact) mass is 310 g/mol. The van der Waals surface area contributed by atoms with Gasteiger partial charge < -0.3 is 5.32 Å². The third-order valence-electron chi connectivity index (χ3n) is 2.93. The zero-order valence-corrected chi connectivity index (χ0v) is 13.1. The van der Waals surface area contributed by atoms with Gasteiger partial charge in [0.05, 0.1) is 4.90 Å². The van der Waals surface area contributed by atoms with E-state index in [1.807, 2.05) is 5.38 Å². The van der Waals surface area contributed by atoms with Gasteiger partial charge in [-0.3, -0.25) is 0 Å². The van der Waals surface area contributed by atoms with Crippen molar-refractivity contribution in [3.05, 3.63) is 46.7 Å². The van der Waals surface area contributed by atoms with Gasteiger partial charge in [-0.15, -0.1) is 0 Å². The average Bonchev–Trinajstić information content (AvgIpc) is 2.93. The molecular formula is C14H18N2O2S2. The first kappa shape index (κ1) is 15.0. The number of benzene rings is 1. The lowest BCUT2D eigenvalue weighted by Gasteiger charge is -2.14. The van der Waals surface area contributed by atoms with Crippen LogP contribution >= 0.6 is 11.3 Å². The Hall–Kier alpha value is -1.37. The van der Waals surface area contributed by atoms with Gasteiger partial charge >= 0.3 is 0 Å². The van der Waals surface area contributed by atoms with Crippen LogP contribution in [0.4, 0.5) is 5.69 Å². The smallest absolute Gasteiger partial charge is 0.240 e. The van der Waals surface area contributed by atoms with Gasteiger partial charge in [-0.05, 0) is 53.6 Å². The average molecular weight is 310 g/mol. The molecule has 20 heavy (non-hydrogen) atoms. The van der Waals surface area contributed by atoms with Crippen LogP contribution in [0.5, 0.6) is 0 Å². The molecule has 0 fully saturated rings. The van der Waals surface area contributed by atoms with Crippen LogP contribution in [0.15, 0.2) is 46.0 Å². The molecule has 0 spiro atoms. The number of nitrogens with one attached hydrogen (secondary N) is 2. The second-order valence-corrected chi connectivity index (χ2v) is 7.00. The summed E-state index contributed by atoms with van der Waals surface area (Å²) >= 11 is 1.66.